The Morgan fingerprint density at radius 3 is 2.65 bits per heavy atom. The van der Waals surface area contributed by atoms with E-state index >= 15 is 0 Å². The first-order valence-electron chi connectivity index (χ1n) is 11.1. The zero-order valence-electron chi connectivity index (χ0n) is 18.1. The van der Waals surface area contributed by atoms with Crippen molar-refractivity contribution in [1.29, 1.82) is 0 Å². The number of likely N-dealkylation sites (tertiary alicyclic amines) is 1. The summed E-state index contributed by atoms with van der Waals surface area (Å²) in [6, 6.07) is 4.75. The number of anilines is 1. The van der Waals surface area contributed by atoms with Gasteiger partial charge in [0.1, 0.15) is 0 Å². The summed E-state index contributed by atoms with van der Waals surface area (Å²) in [5, 5.41) is 8.67. The molecule has 1 N–H and O–H groups in total. The minimum absolute atomic E-state index is 0.325. The quantitative estimate of drug-likeness (QED) is 0.657. The molecule has 3 aromatic heterocycles. The predicted octanol–water partition coefficient (Wildman–Crippen LogP) is 4.15. The van der Waals surface area contributed by atoms with E-state index in [1.165, 1.54) is 24.1 Å². The second-order valence-electron chi connectivity index (χ2n) is 8.73. The highest BCUT2D eigenvalue weighted by Crippen LogP contribution is 2.34. The van der Waals surface area contributed by atoms with Crippen LogP contribution in [0.1, 0.15) is 42.9 Å². The molecule has 0 aromatic carbocycles. The van der Waals surface area contributed by atoms with Gasteiger partial charge in [-0.25, -0.2) is 14.5 Å². The number of hydrogen-bond donors (Lipinski definition) is 1. The highest BCUT2D eigenvalue weighted by molar-refractivity contribution is 6.33. The fraction of sp³-hybridized carbons (Fsp3) is 0.522. The van der Waals surface area contributed by atoms with Crippen molar-refractivity contribution in [3.63, 3.8) is 0 Å². The molecule has 7 nitrogen and oxygen atoms in total. The van der Waals surface area contributed by atoms with Crippen LogP contribution < -0.4 is 5.32 Å². The summed E-state index contributed by atoms with van der Waals surface area (Å²) in [6.45, 7) is 5.99. The van der Waals surface area contributed by atoms with Gasteiger partial charge in [0.25, 0.3) is 0 Å². The lowest BCUT2D eigenvalue weighted by atomic mass is 9.88. The van der Waals surface area contributed by atoms with Gasteiger partial charge < -0.3 is 15.0 Å². The molecule has 31 heavy (non-hydrogen) atoms. The van der Waals surface area contributed by atoms with Crippen molar-refractivity contribution >= 4 is 23.1 Å². The fourth-order valence-corrected chi connectivity index (χ4v) is 4.97. The smallest absolute Gasteiger partial charge is 0.223 e. The Hall–Kier alpha value is -2.22. The number of ether oxygens (including phenoxy) is 1. The first-order valence-corrected chi connectivity index (χ1v) is 11.5. The van der Waals surface area contributed by atoms with Crippen LogP contribution in [0.3, 0.4) is 0 Å². The molecule has 0 aliphatic carbocycles. The highest BCUT2D eigenvalue weighted by atomic mass is 35.5. The summed E-state index contributed by atoms with van der Waals surface area (Å²) >= 11 is 6.52. The number of halogens is 1. The molecule has 2 saturated heterocycles. The molecule has 5 heterocycles. The summed E-state index contributed by atoms with van der Waals surface area (Å²) < 4.78 is 7.48. The monoisotopic (exact) mass is 440 g/mol. The third-order valence-corrected chi connectivity index (χ3v) is 6.95. The average molecular weight is 441 g/mol. The van der Waals surface area contributed by atoms with Crippen molar-refractivity contribution in [1.82, 2.24) is 24.5 Å². The second kappa shape index (κ2) is 8.73. The molecule has 8 heteroatoms. The molecule has 2 aliphatic heterocycles. The van der Waals surface area contributed by atoms with Gasteiger partial charge in [-0.1, -0.05) is 17.7 Å². The van der Waals surface area contributed by atoms with E-state index in [1.807, 2.05) is 10.7 Å². The van der Waals surface area contributed by atoms with Crippen molar-refractivity contribution in [2.75, 3.05) is 38.7 Å². The number of aromatic nitrogens is 4. The predicted molar refractivity (Wildman–Crippen MR) is 123 cm³/mol. The summed E-state index contributed by atoms with van der Waals surface area (Å²) in [5.74, 6) is 1.19. The molecule has 5 rings (SSSR count). The standard InChI is InChI=1S/C23H29ClN6O/c1-15-18(16-5-9-29(2)10-6-16)3-4-21-19(13-26-30(15)21)22-20(24)14-25-23(28-22)27-17-7-11-31-12-8-17/h3-4,13-14,16-17H,5-12H2,1-2H3,(H,25,27,28). The SMILES string of the molecule is Cc1c(C2CCN(C)CC2)ccc2c(-c3nc(NC4CCOCC4)ncc3Cl)cnn12. The Balaban J connectivity index is 1.46. The number of fused-ring (bicyclic) bond motifs is 1. The lowest BCUT2D eigenvalue weighted by Crippen LogP contribution is -2.29. The Bertz CT molecular complexity index is 1070. The molecule has 2 aliphatic rings. The number of hydrogen-bond acceptors (Lipinski definition) is 6. The Labute approximate surface area is 187 Å². The number of nitrogens with zero attached hydrogens (tertiary/aromatic N) is 5. The minimum atomic E-state index is 0.325. The molecule has 0 atom stereocenters. The molecule has 0 spiro atoms. The number of pyridine rings is 1. The first kappa shape index (κ1) is 20.7. The normalized spacial score (nSPS) is 19.2. The molecule has 2 fully saturated rings. The summed E-state index contributed by atoms with van der Waals surface area (Å²) in [6.07, 6.45) is 7.84. The maximum Gasteiger partial charge on any atom is 0.223 e. The topological polar surface area (TPSA) is 67.6 Å². The minimum Gasteiger partial charge on any atom is -0.381 e. The van der Waals surface area contributed by atoms with E-state index in [-0.39, 0.29) is 0 Å². The van der Waals surface area contributed by atoms with Crippen molar-refractivity contribution < 1.29 is 4.74 Å². The molecule has 0 amide bonds. The van der Waals surface area contributed by atoms with Crippen LogP contribution in [0.25, 0.3) is 16.8 Å². The van der Waals surface area contributed by atoms with Crippen LogP contribution in [0, 0.1) is 6.92 Å². The molecule has 3 aromatic rings. The van der Waals surface area contributed by atoms with Crippen molar-refractivity contribution in [2.24, 2.45) is 0 Å². The molecule has 0 radical (unpaired) electrons. The van der Waals surface area contributed by atoms with Crippen molar-refractivity contribution in [3.05, 3.63) is 40.8 Å². The van der Waals surface area contributed by atoms with Crippen LogP contribution in [-0.4, -0.2) is 63.9 Å². The van der Waals surface area contributed by atoms with E-state index in [1.54, 1.807) is 6.20 Å². The van der Waals surface area contributed by atoms with E-state index in [0.29, 0.717) is 28.6 Å². The van der Waals surface area contributed by atoms with Crippen LogP contribution in [0.5, 0.6) is 0 Å². The average Bonchev–Trinajstić information content (AvgIpc) is 3.22. The lowest BCUT2D eigenvalue weighted by Gasteiger charge is -2.30. The van der Waals surface area contributed by atoms with Crippen LogP contribution >= 0.6 is 11.6 Å². The number of nitrogens with one attached hydrogen (secondary N) is 1. The largest absolute Gasteiger partial charge is 0.381 e. The number of rotatable bonds is 4. The Morgan fingerprint density at radius 1 is 1.10 bits per heavy atom. The van der Waals surface area contributed by atoms with Gasteiger partial charge in [0.2, 0.25) is 5.95 Å². The van der Waals surface area contributed by atoms with Crippen LogP contribution in [0.4, 0.5) is 5.95 Å². The van der Waals surface area contributed by atoms with Crippen LogP contribution in [0.15, 0.2) is 24.5 Å². The van der Waals surface area contributed by atoms with Crippen molar-refractivity contribution in [3.8, 4) is 11.3 Å². The molecule has 164 valence electrons. The van der Waals surface area contributed by atoms with Gasteiger partial charge in [0.15, 0.2) is 0 Å². The molecule has 0 saturated carbocycles. The number of aryl methyl sites for hydroxylation is 1. The number of piperidine rings is 1. The zero-order chi connectivity index (χ0) is 21.4. The highest BCUT2D eigenvalue weighted by Gasteiger charge is 2.23. The van der Waals surface area contributed by atoms with Crippen molar-refractivity contribution in [2.45, 2.75) is 44.6 Å². The van der Waals surface area contributed by atoms with Gasteiger partial charge in [0.05, 0.1) is 28.6 Å². The lowest BCUT2D eigenvalue weighted by molar-refractivity contribution is 0.0903. The van der Waals surface area contributed by atoms with Gasteiger partial charge in [-0.3, -0.25) is 0 Å². The maximum absolute atomic E-state index is 6.52. The van der Waals surface area contributed by atoms with E-state index in [4.69, 9.17) is 26.4 Å². The summed E-state index contributed by atoms with van der Waals surface area (Å²) in [5.41, 5.74) is 5.26. The maximum atomic E-state index is 6.52. The van der Waals surface area contributed by atoms with Gasteiger partial charge in [0, 0.05) is 30.5 Å². The zero-order valence-corrected chi connectivity index (χ0v) is 18.9. The van der Waals surface area contributed by atoms with E-state index in [0.717, 1.165) is 50.2 Å². The second-order valence-corrected chi connectivity index (χ2v) is 9.14. The molecular formula is C23H29ClN6O. The third kappa shape index (κ3) is 4.14. The van der Waals surface area contributed by atoms with Crippen LogP contribution in [-0.2, 0) is 4.74 Å². The molecule has 0 unspecified atom stereocenters. The third-order valence-electron chi connectivity index (χ3n) is 6.67. The Kier molecular flexibility index (Phi) is 5.82. The molecule has 0 bridgehead atoms. The molecular weight excluding hydrogens is 412 g/mol. The van der Waals surface area contributed by atoms with E-state index < -0.39 is 0 Å². The van der Waals surface area contributed by atoms with E-state index in [9.17, 15) is 0 Å². The first-order chi connectivity index (χ1) is 15.1. The van der Waals surface area contributed by atoms with Gasteiger partial charge in [-0.2, -0.15) is 5.10 Å². The summed E-state index contributed by atoms with van der Waals surface area (Å²) in [4.78, 5) is 11.6. The Morgan fingerprint density at radius 2 is 1.87 bits per heavy atom. The van der Waals surface area contributed by atoms with Gasteiger partial charge in [-0.15, -0.1) is 0 Å². The summed E-state index contributed by atoms with van der Waals surface area (Å²) in [7, 11) is 2.20. The van der Waals surface area contributed by atoms with Gasteiger partial charge in [-0.05, 0) is 70.3 Å². The van der Waals surface area contributed by atoms with Crippen LogP contribution in [0.2, 0.25) is 5.02 Å². The van der Waals surface area contributed by atoms with Gasteiger partial charge >= 0.3 is 0 Å². The van der Waals surface area contributed by atoms with E-state index in [2.05, 4.69) is 41.3 Å². The fourth-order valence-electron chi connectivity index (χ4n) is 4.78.